The fraction of sp³-hybridized carbons (Fsp3) is 0.333. The highest BCUT2D eigenvalue weighted by Gasteiger charge is 2.43. The first-order chi connectivity index (χ1) is 11.0. The average molecular weight is 423 g/mol. The molecule has 2 unspecified atom stereocenters. The van der Waals surface area contributed by atoms with Gasteiger partial charge in [-0.25, -0.2) is 0 Å². The standard InChI is InChI=1S/C18H18INO3/c1-10-15(18(22)23-2)16(11-5-3-6-12(19)9-11)17-13(20-10)7-4-8-14(17)21/h3,5-6,9,15-16,20H,1,4,7-8H2,2H3. The molecule has 0 spiro atoms. The molecule has 3 rings (SSSR count). The van der Waals surface area contributed by atoms with Crippen LogP contribution in [0, 0.1) is 9.49 Å². The Balaban J connectivity index is 2.18. The Morgan fingerprint density at radius 2 is 2.17 bits per heavy atom. The van der Waals surface area contributed by atoms with E-state index in [4.69, 9.17) is 4.74 Å². The van der Waals surface area contributed by atoms with Gasteiger partial charge in [-0.05, 0) is 53.1 Å². The largest absolute Gasteiger partial charge is 0.468 e. The van der Waals surface area contributed by atoms with Crippen molar-refractivity contribution >= 4 is 34.3 Å². The molecule has 1 aromatic carbocycles. The molecule has 1 N–H and O–H groups in total. The van der Waals surface area contributed by atoms with E-state index in [0.29, 0.717) is 12.1 Å². The fourth-order valence-electron chi connectivity index (χ4n) is 3.46. The Bertz CT molecular complexity index is 723. The highest BCUT2D eigenvalue weighted by atomic mass is 127. The van der Waals surface area contributed by atoms with Crippen molar-refractivity contribution in [3.05, 3.63) is 56.9 Å². The van der Waals surface area contributed by atoms with Crippen molar-refractivity contribution in [3.8, 4) is 0 Å². The molecule has 5 heteroatoms. The zero-order valence-electron chi connectivity index (χ0n) is 12.9. The van der Waals surface area contributed by atoms with Crippen molar-refractivity contribution < 1.29 is 14.3 Å². The van der Waals surface area contributed by atoms with Crippen molar-refractivity contribution in [1.29, 1.82) is 0 Å². The van der Waals surface area contributed by atoms with Gasteiger partial charge in [-0.3, -0.25) is 9.59 Å². The van der Waals surface area contributed by atoms with Crippen LogP contribution in [0.5, 0.6) is 0 Å². The molecule has 0 aromatic heterocycles. The molecule has 2 atom stereocenters. The van der Waals surface area contributed by atoms with Crippen LogP contribution in [0.2, 0.25) is 0 Å². The van der Waals surface area contributed by atoms with Crippen LogP contribution >= 0.6 is 22.6 Å². The highest BCUT2D eigenvalue weighted by Crippen LogP contribution is 2.44. The number of hydrogen-bond donors (Lipinski definition) is 1. The zero-order chi connectivity index (χ0) is 16.6. The van der Waals surface area contributed by atoms with Gasteiger partial charge in [0.2, 0.25) is 0 Å². The van der Waals surface area contributed by atoms with Crippen molar-refractivity contribution in [1.82, 2.24) is 5.32 Å². The molecule has 0 radical (unpaired) electrons. The minimum absolute atomic E-state index is 0.115. The Hall–Kier alpha value is -1.63. The Labute approximate surface area is 149 Å². The summed E-state index contributed by atoms with van der Waals surface area (Å²) in [6.07, 6.45) is 2.18. The van der Waals surface area contributed by atoms with Crippen molar-refractivity contribution in [3.63, 3.8) is 0 Å². The lowest BCUT2D eigenvalue weighted by Gasteiger charge is -2.38. The smallest absolute Gasteiger partial charge is 0.315 e. The molecule has 0 saturated carbocycles. The van der Waals surface area contributed by atoms with Crippen LogP contribution in [-0.2, 0) is 14.3 Å². The number of halogens is 1. The van der Waals surface area contributed by atoms with Crippen LogP contribution in [0.3, 0.4) is 0 Å². The third-order valence-electron chi connectivity index (χ3n) is 4.45. The number of nitrogens with one attached hydrogen (secondary N) is 1. The summed E-state index contributed by atoms with van der Waals surface area (Å²) in [6.45, 7) is 4.02. The molecule has 1 aliphatic heterocycles. The van der Waals surface area contributed by atoms with E-state index >= 15 is 0 Å². The maximum Gasteiger partial charge on any atom is 0.315 e. The van der Waals surface area contributed by atoms with Gasteiger partial charge in [-0.1, -0.05) is 18.7 Å². The third kappa shape index (κ3) is 2.94. The van der Waals surface area contributed by atoms with Gasteiger partial charge in [0.1, 0.15) is 5.92 Å². The summed E-state index contributed by atoms with van der Waals surface area (Å²) in [4.78, 5) is 24.9. The molecule has 2 aliphatic rings. The molecule has 4 nitrogen and oxygen atoms in total. The summed E-state index contributed by atoms with van der Waals surface area (Å²) in [7, 11) is 1.37. The molecular weight excluding hydrogens is 405 g/mol. The molecule has 1 aliphatic carbocycles. The predicted molar refractivity (Wildman–Crippen MR) is 95.6 cm³/mol. The number of ether oxygens (including phenoxy) is 1. The number of benzene rings is 1. The van der Waals surface area contributed by atoms with Gasteiger partial charge in [0.15, 0.2) is 5.78 Å². The average Bonchev–Trinajstić information content (AvgIpc) is 2.53. The Kier molecular flexibility index (Phi) is 4.57. The number of methoxy groups -OCH3 is 1. The molecule has 1 aromatic rings. The van der Waals surface area contributed by atoms with E-state index in [-0.39, 0.29) is 17.7 Å². The summed E-state index contributed by atoms with van der Waals surface area (Å²) in [5.74, 6) is -1.16. The summed E-state index contributed by atoms with van der Waals surface area (Å²) < 4.78 is 6.05. The first kappa shape index (κ1) is 16.2. The Morgan fingerprint density at radius 3 is 2.87 bits per heavy atom. The monoisotopic (exact) mass is 423 g/mol. The first-order valence-electron chi connectivity index (χ1n) is 7.58. The number of ketones is 1. The maximum atomic E-state index is 12.6. The number of esters is 1. The van der Waals surface area contributed by atoms with Crippen LogP contribution in [-0.4, -0.2) is 18.9 Å². The fourth-order valence-corrected chi connectivity index (χ4v) is 4.03. The maximum absolute atomic E-state index is 12.6. The summed E-state index contributed by atoms with van der Waals surface area (Å²) in [6, 6.07) is 7.93. The van der Waals surface area contributed by atoms with Crippen LogP contribution in [0.25, 0.3) is 0 Å². The minimum Gasteiger partial charge on any atom is -0.468 e. The van der Waals surface area contributed by atoms with Crippen LogP contribution in [0.1, 0.15) is 30.7 Å². The molecular formula is C18H18INO3. The van der Waals surface area contributed by atoms with Gasteiger partial charge < -0.3 is 10.1 Å². The predicted octanol–water partition coefficient (Wildman–Crippen LogP) is 3.29. The van der Waals surface area contributed by atoms with Crippen LogP contribution < -0.4 is 5.32 Å². The number of rotatable bonds is 2. The van der Waals surface area contributed by atoms with E-state index in [1.54, 1.807) is 0 Å². The van der Waals surface area contributed by atoms with E-state index in [1.165, 1.54) is 7.11 Å². The molecule has 120 valence electrons. The number of hydrogen-bond acceptors (Lipinski definition) is 4. The first-order valence-corrected chi connectivity index (χ1v) is 8.66. The van der Waals surface area contributed by atoms with E-state index in [2.05, 4.69) is 34.5 Å². The molecule has 0 bridgehead atoms. The molecule has 0 fully saturated rings. The SMILES string of the molecule is C=C1NC2=C(C(=O)CCC2)C(c2cccc(I)c2)C1C(=O)OC. The van der Waals surface area contributed by atoms with Crippen LogP contribution in [0.15, 0.2) is 47.8 Å². The van der Waals surface area contributed by atoms with Crippen LogP contribution in [0.4, 0.5) is 0 Å². The second-order valence-electron chi connectivity index (χ2n) is 5.85. The zero-order valence-corrected chi connectivity index (χ0v) is 15.1. The van der Waals surface area contributed by atoms with Gasteiger partial charge in [0.05, 0.1) is 7.11 Å². The second kappa shape index (κ2) is 6.47. The van der Waals surface area contributed by atoms with E-state index in [0.717, 1.165) is 33.2 Å². The van der Waals surface area contributed by atoms with Gasteiger partial charge >= 0.3 is 5.97 Å². The van der Waals surface area contributed by atoms with Crippen molar-refractivity contribution in [2.24, 2.45) is 5.92 Å². The molecule has 0 amide bonds. The van der Waals surface area contributed by atoms with Gasteiger partial charge in [-0.2, -0.15) is 0 Å². The van der Waals surface area contributed by atoms with E-state index in [1.807, 2.05) is 24.3 Å². The number of carbonyl (C=O) groups is 2. The molecule has 23 heavy (non-hydrogen) atoms. The summed E-state index contributed by atoms with van der Waals surface area (Å²) in [5.41, 5.74) is 3.20. The number of allylic oxidation sites excluding steroid dienone is 2. The van der Waals surface area contributed by atoms with Gasteiger partial charge in [0.25, 0.3) is 0 Å². The summed E-state index contributed by atoms with van der Waals surface area (Å²) in [5, 5.41) is 3.19. The normalized spacial score (nSPS) is 24.1. The third-order valence-corrected chi connectivity index (χ3v) is 5.12. The topological polar surface area (TPSA) is 55.4 Å². The quantitative estimate of drug-likeness (QED) is 0.586. The van der Waals surface area contributed by atoms with Crippen molar-refractivity contribution in [2.75, 3.05) is 7.11 Å². The molecule has 0 saturated heterocycles. The Morgan fingerprint density at radius 1 is 1.39 bits per heavy atom. The van der Waals surface area contributed by atoms with Crippen molar-refractivity contribution in [2.45, 2.75) is 25.2 Å². The summed E-state index contributed by atoms with van der Waals surface area (Å²) >= 11 is 2.24. The number of Topliss-reactive ketones (excluding diaryl/α,β-unsaturated/α-hetero) is 1. The second-order valence-corrected chi connectivity index (χ2v) is 7.10. The lowest BCUT2D eigenvalue weighted by atomic mass is 9.71. The van der Waals surface area contributed by atoms with E-state index < -0.39 is 5.92 Å². The minimum atomic E-state index is -0.584. The van der Waals surface area contributed by atoms with E-state index in [9.17, 15) is 9.59 Å². The lowest BCUT2D eigenvalue weighted by molar-refractivity contribution is -0.144. The number of carbonyl (C=O) groups excluding carboxylic acids is 2. The van der Waals surface area contributed by atoms with Gasteiger partial charge in [-0.15, -0.1) is 0 Å². The lowest BCUT2D eigenvalue weighted by Crippen LogP contribution is -2.40. The molecule has 1 heterocycles. The highest BCUT2D eigenvalue weighted by molar-refractivity contribution is 14.1. The van der Waals surface area contributed by atoms with Gasteiger partial charge in [0, 0.05) is 32.9 Å².